The second kappa shape index (κ2) is 8.29. The molecule has 0 saturated heterocycles. The first-order valence-electron chi connectivity index (χ1n) is 9.67. The Morgan fingerprint density at radius 3 is 2.13 bits per heavy atom. The van der Waals surface area contributed by atoms with Gasteiger partial charge in [-0.2, -0.15) is 0 Å². The minimum Gasteiger partial charge on any atom is -0.484 e. The molecule has 0 spiro atoms. The van der Waals surface area contributed by atoms with E-state index in [0.717, 1.165) is 22.3 Å². The number of carbonyl (C=O) groups is 2. The summed E-state index contributed by atoms with van der Waals surface area (Å²) in [5.74, 6) is 0.466. The molecule has 4 rings (SSSR count). The molecule has 1 aliphatic rings. The van der Waals surface area contributed by atoms with Crippen LogP contribution in [0.15, 0.2) is 66.7 Å². The molecule has 1 heterocycles. The van der Waals surface area contributed by atoms with Crippen molar-refractivity contribution in [2.45, 2.75) is 19.8 Å². The van der Waals surface area contributed by atoms with E-state index >= 15 is 0 Å². The molecule has 6 heteroatoms. The summed E-state index contributed by atoms with van der Waals surface area (Å²) in [4.78, 5) is 25.1. The lowest BCUT2D eigenvalue weighted by atomic mass is 9.87. The van der Waals surface area contributed by atoms with Crippen LogP contribution in [0.4, 0.5) is 0 Å². The molecule has 2 N–H and O–H groups in total. The first-order chi connectivity index (χ1) is 14.5. The Kier molecular flexibility index (Phi) is 5.39. The van der Waals surface area contributed by atoms with Gasteiger partial charge in [-0.3, -0.25) is 20.4 Å². The van der Waals surface area contributed by atoms with Crippen molar-refractivity contribution in [1.82, 2.24) is 10.9 Å². The maximum atomic E-state index is 13.0. The molecule has 1 aliphatic heterocycles. The first-order valence-corrected chi connectivity index (χ1v) is 9.67. The van der Waals surface area contributed by atoms with Gasteiger partial charge in [-0.1, -0.05) is 42.5 Å². The van der Waals surface area contributed by atoms with Gasteiger partial charge in [-0.25, -0.2) is 0 Å². The van der Waals surface area contributed by atoms with Crippen LogP contribution in [0.25, 0.3) is 0 Å². The van der Waals surface area contributed by atoms with Crippen LogP contribution in [-0.2, 0) is 9.59 Å². The molecule has 152 valence electrons. The number of ether oxygens (including phenoxy) is 2. The zero-order valence-electron chi connectivity index (χ0n) is 16.8. The lowest BCUT2D eigenvalue weighted by molar-refractivity contribution is -0.130. The SMILES string of the molecule is Cc1ccc(OCC(=O)NNC(=O)C2c3ccccc3Oc3ccccc32)cc1C. The Morgan fingerprint density at radius 2 is 1.50 bits per heavy atom. The van der Waals surface area contributed by atoms with Gasteiger partial charge >= 0.3 is 0 Å². The fourth-order valence-electron chi connectivity index (χ4n) is 3.38. The molecule has 3 aromatic carbocycles. The number of rotatable bonds is 4. The third kappa shape index (κ3) is 3.98. The molecule has 0 bridgehead atoms. The van der Waals surface area contributed by atoms with E-state index in [-0.39, 0.29) is 12.5 Å². The highest BCUT2D eigenvalue weighted by Crippen LogP contribution is 2.43. The van der Waals surface area contributed by atoms with Crippen molar-refractivity contribution in [3.05, 3.63) is 89.0 Å². The number of hydrazine groups is 1. The van der Waals surface area contributed by atoms with Crippen molar-refractivity contribution in [2.24, 2.45) is 0 Å². The average Bonchev–Trinajstić information content (AvgIpc) is 2.76. The second-order valence-corrected chi connectivity index (χ2v) is 7.18. The van der Waals surface area contributed by atoms with Crippen molar-refractivity contribution in [2.75, 3.05) is 6.61 Å². The third-order valence-corrected chi connectivity index (χ3v) is 5.12. The number of amides is 2. The number of benzene rings is 3. The van der Waals surface area contributed by atoms with Gasteiger partial charge in [0.25, 0.3) is 11.8 Å². The molecule has 0 aliphatic carbocycles. The van der Waals surface area contributed by atoms with Gasteiger partial charge in [-0.05, 0) is 49.2 Å². The van der Waals surface area contributed by atoms with E-state index in [1.807, 2.05) is 80.6 Å². The van der Waals surface area contributed by atoms with Gasteiger partial charge in [0.1, 0.15) is 17.2 Å². The lowest BCUT2D eigenvalue weighted by Gasteiger charge is -2.27. The van der Waals surface area contributed by atoms with E-state index in [9.17, 15) is 9.59 Å². The van der Waals surface area contributed by atoms with Crippen LogP contribution in [-0.4, -0.2) is 18.4 Å². The number of carbonyl (C=O) groups excluding carboxylic acids is 2. The summed E-state index contributed by atoms with van der Waals surface area (Å²) < 4.78 is 11.4. The Labute approximate surface area is 174 Å². The van der Waals surface area contributed by atoms with Crippen molar-refractivity contribution >= 4 is 11.8 Å². The van der Waals surface area contributed by atoms with Gasteiger partial charge in [-0.15, -0.1) is 0 Å². The summed E-state index contributed by atoms with van der Waals surface area (Å²) in [5, 5.41) is 0. The molecule has 3 aromatic rings. The Bertz CT molecular complexity index is 1060. The Balaban J connectivity index is 1.42. The third-order valence-electron chi connectivity index (χ3n) is 5.12. The van der Waals surface area contributed by atoms with E-state index < -0.39 is 11.8 Å². The molecular formula is C24H22N2O4. The Morgan fingerprint density at radius 1 is 0.867 bits per heavy atom. The van der Waals surface area contributed by atoms with Gasteiger partial charge in [0.05, 0.1) is 5.92 Å². The van der Waals surface area contributed by atoms with E-state index in [1.54, 1.807) is 0 Å². The maximum Gasteiger partial charge on any atom is 0.276 e. The quantitative estimate of drug-likeness (QED) is 0.652. The number of para-hydroxylation sites is 2. The van der Waals surface area contributed by atoms with Gasteiger partial charge in [0, 0.05) is 11.1 Å². The van der Waals surface area contributed by atoms with Crippen molar-refractivity contribution in [1.29, 1.82) is 0 Å². The highest BCUT2D eigenvalue weighted by molar-refractivity contribution is 5.91. The maximum absolute atomic E-state index is 13.0. The van der Waals surface area contributed by atoms with E-state index in [4.69, 9.17) is 9.47 Å². The molecule has 0 radical (unpaired) electrons. The van der Waals surface area contributed by atoms with Gasteiger partial charge < -0.3 is 9.47 Å². The zero-order valence-corrected chi connectivity index (χ0v) is 16.8. The Hall–Kier alpha value is -3.80. The highest BCUT2D eigenvalue weighted by atomic mass is 16.5. The van der Waals surface area contributed by atoms with E-state index in [1.165, 1.54) is 0 Å². The predicted molar refractivity (Wildman–Crippen MR) is 112 cm³/mol. The fraction of sp³-hybridized carbons (Fsp3) is 0.167. The van der Waals surface area contributed by atoms with Crippen LogP contribution in [0.1, 0.15) is 28.2 Å². The molecule has 0 atom stereocenters. The molecule has 0 unspecified atom stereocenters. The first kappa shape index (κ1) is 19.5. The van der Waals surface area contributed by atoms with Crippen LogP contribution in [0.3, 0.4) is 0 Å². The average molecular weight is 402 g/mol. The minimum absolute atomic E-state index is 0.205. The van der Waals surface area contributed by atoms with Crippen LogP contribution in [0.2, 0.25) is 0 Å². The zero-order chi connectivity index (χ0) is 21.1. The minimum atomic E-state index is -0.591. The summed E-state index contributed by atoms with van der Waals surface area (Å²) in [7, 11) is 0. The monoisotopic (exact) mass is 402 g/mol. The molecule has 30 heavy (non-hydrogen) atoms. The van der Waals surface area contributed by atoms with E-state index in [0.29, 0.717) is 17.2 Å². The number of nitrogens with one attached hydrogen (secondary N) is 2. The molecule has 0 aromatic heterocycles. The highest BCUT2D eigenvalue weighted by Gasteiger charge is 2.32. The number of hydrogen-bond acceptors (Lipinski definition) is 4. The number of hydrogen-bond donors (Lipinski definition) is 2. The van der Waals surface area contributed by atoms with Crippen LogP contribution >= 0.6 is 0 Å². The smallest absolute Gasteiger partial charge is 0.276 e. The molecular weight excluding hydrogens is 380 g/mol. The fourth-order valence-corrected chi connectivity index (χ4v) is 3.38. The van der Waals surface area contributed by atoms with Crippen molar-refractivity contribution in [3.63, 3.8) is 0 Å². The lowest BCUT2D eigenvalue weighted by Crippen LogP contribution is -2.46. The van der Waals surface area contributed by atoms with Gasteiger partial charge in [0.15, 0.2) is 6.61 Å². The topological polar surface area (TPSA) is 76.7 Å². The molecule has 0 fully saturated rings. The van der Waals surface area contributed by atoms with Crippen molar-refractivity contribution in [3.8, 4) is 17.2 Å². The largest absolute Gasteiger partial charge is 0.484 e. The van der Waals surface area contributed by atoms with Crippen molar-refractivity contribution < 1.29 is 19.1 Å². The standard InChI is InChI=1S/C24H22N2O4/c1-15-11-12-17(13-16(15)2)29-14-22(27)25-26-24(28)23-18-7-3-5-9-20(18)30-21-10-6-4-8-19(21)23/h3-13,23H,14H2,1-2H3,(H,25,27)(H,26,28). The summed E-state index contributed by atoms with van der Waals surface area (Å²) in [6, 6.07) is 20.4. The predicted octanol–water partition coefficient (Wildman–Crippen LogP) is 3.77. The van der Waals surface area contributed by atoms with Crippen LogP contribution in [0.5, 0.6) is 17.2 Å². The molecule has 0 saturated carbocycles. The summed E-state index contributed by atoms with van der Waals surface area (Å²) in [6.45, 7) is 3.78. The summed E-state index contributed by atoms with van der Waals surface area (Å²) in [5.41, 5.74) is 8.67. The summed E-state index contributed by atoms with van der Waals surface area (Å²) >= 11 is 0. The van der Waals surface area contributed by atoms with Gasteiger partial charge in [0.2, 0.25) is 0 Å². The van der Waals surface area contributed by atoms with E-state index in [2.05, 4.69) is 10.9 Å². The van der Waals surface area contributed by atoms with Crippen LogP contribution in [0, 0.1) is 13.8 Å². The number of aryl methyl sites for hydroxylation is 2. The second-order valence-electron chi connectivity index (χ2n) is 7.18. The number of fused-ring (bicyclic) bond motifs is 2. The molecule has 2 amide bonds. The van der Waals surface area contributed by atoms with Crippen LogP contribution < -0.4 is 20.3 Å². The molecule has 6 nitrogen and oxygen atoms in total. The normalized spacial score (nSPS) is 12.2. The summed E-state index contributed by atoms with van der Waals surface area (Å²) in [6.07, 6.45) is 0.